The second-order valence-corrected chi connectivity index (χ2v) is 7.38. The van der Waals surface area contributed by atoms with Crippen LogP contribution in [0.25, 0.3) is 0 Å². The minimum atomic E-state index is -0.0265. The fraction of sp³-hybridized carbons (Fsp3) is 0.579. The maximum atomic E-state index is 12.7. The van der Waals surface area contributed by atoms with E-state index >= 15 is 0 Å². The highest BCUT2D eigenvalue weighted by atomic mass is 35.5. The molecule has 2 amide bonds. The van der Waals surface area contributed by atoms with Gasteiger partial charge in [0.2, 0.25) is 5.91 Å². The molecule has 1 aliphatic carbocycles. The lowest BCUT2D eigenvalue weighted by Gasteiger charge is -2.23. The highest BCUT2D eigenvalue weighted by Crippen LogP contribution is 2.24. The zero-order valence-electron chi connectivity index (χ0n) is 14.5. The zero-order chi connectivity index (χ0) is 17.6. The van der Waals surface area contributed by atoms with E-state index in [1.165, 1.54) is 19.3 Å². The van der Waals surface area contributed by atoms with E-state index in [9.17, 15) is 9.59 Å². The standard InChI is InChI=1S/C19H26ClN3O2/c20-14-8-9-17(16(12-14)19(25)23-10-4-5-11-23)21-13-18(24)22-15-6-2-1-3-7-15/h8-9,12,15,21H,1-7,10-11,13H2,(H,22,24). The molecule has 1 saturated heterocycles. The molecule has 0 atom stereocenters. The van der Waals surface area contributed by atoms with Gasteiger partial charge in [-0.25, -0.2) is 0 Å². The molecule has 0 unspecified atom stereocenters. The number of benzene rings is 1. The van der Waals surface area contributed by atoms with Gasteiger partial charge in [0.1, 0.15) is 0 Å². The lowest BCUT2D eigenvalue weighted by atomic mass is 9.95. The van der Waals surface area contributed by atoms with Crippen molar-refractivity contribution in [1.82, 2.24) is 10.2 Å². The number of likely N-dealkylation sites (tertiary alicyclic amines) is 1. The van der Waals surface area contributed by atoms with Gasteiger partial charge in [-0.3, -0.25) is 9.59 Å². The molecule has 136 valence electrons. The summed E-state index contributed by atoms with van der Waals surface area (Å²) in [5.41, 5.74) is 1.21. The molecule has 2 fully saturated rings. The quantitative estimate of drug-likeness (QED) is 0.842. The van der Waals surface area contributed by atoms with Crippen molar-refractivity contribution in [2.45, 2.75) is 51.0 Å². The van der Waals surface area contributed by atoms with Crippen molar-refractivity contribution in [3.8, 4) is 0 Å². The van der Waals surface area contributed by atoms with E-state index in [1.54, 1.807) is 18.2 Å². The summed E-state index contributed by atoms with van der Waals surface area (Å²) in [5.74, 6) is -0.0448. The van der Waals surface area contributed by atoms with Crippen LogP contribution in [0.1, 0.15) is 55.3 Å². The Balaban J connectivity index is 1.61. The Morgan fingerprint density at radius 3 is 2.52 bits per heavy atom. The number of rotatable bonds is 5. The van der Waals surface area contributed by atoms with Crippen LogP contribution < -0.4 is 10.6 Å². The highest BCUT2D eigenvalue weighted by Gasteiger charge is 2.22. The highest BCUT2D eigenvalue weighted by molar-refractivity contribution is 6.31. The predicted molar refractivity (Wildman–Crippen MR) is 100 cm³/mol. The molecule has 25 heavy (non-hydrogen) atoms. The number of hydrogen-bond donors (Lipinski definition) is 2. The van der Waals surface area contributed by atoms with Crippen molar-refractivity contribution < 1.29 is 9.59 Å². The molecule has 3 rings (SSSR count). The van der Waals surface area contributed by atoms with Gasteiger partial charge < -0.3 is 15.5 Å². The Morgan fingerprint density at radius 1 is 1.08 bits per heavy atom. The minimum Gasteiger partial charge on any atom is -0.376 e. The molecular formula is C19H26ClN3O2. The van der Waals surface area contributed by atoms with Gasteiger partial charge >= 0.3 is 0 Å². The van der Waals surface area contributed by atoms with Crippen molar-refractivity contribution in [1.29, 1.82) is 0 Å². The third-order valence-electron chi connectivity index (χ3n) is 5.01. The SMILES string of the molecule is O=C(CNc1ccc(Cl)cc1C(=O)N1CCCC1)NC1CCCCC1. The maximum absolute atomic E-state index is 12.7. The lowest BCUT2D eigenvalue weighted by molar-refractivity contribution is -0.120. The average Bonchev–Trinajstić information content (AvgIpc) is 3.15. The predicted octanol–water partition coefficient (Wildman–Crippen LogP) is 3.44. The summed E-state index contributed by atoms with van der Waals surface area (Å²) in [4.78, 5) is 26.7. The molecule has 0 spiro atoms. The average molecular weight is 364 g/mol. The number of carbonyl (C=O) groups is 2. The fourth-order valence-corrected chi connectivity index (χ4v) is 3.81. The van der Waals surface area contributed by atoms with Gasteiger partial charge in [0.15, 0.2) is 0 Å². The third-order valence-corrected chi connectivity index (χ3v) is 5.25. The molecule has 6 heteroatoms. The molecule has 0 bridgehead atoms. The Hall–Kier alpha value is -1.75. The second-order valence-electron chi connectivity index (χ2n) is 6.95. The van der Waals surface area contributed by atoms with Crippen molar-refractivity contribution in [3.63, 3.8) is 0 Å². The van der Waals surface area contributed by atoms with Crippen LogP contribution in [0.5, 0.6) is 0 Å². The van der Waals surface area contributed by atoms with E-state index < -0.39 is 0 Å². The topological polar surface area (TPSA) is 61.4 Å². The van der Waals surface area contributed by atoms with Gasteiger partial charge in [-0.1, -0.05) is 30.9 Å². The van der Waals surface area contributed by atoms with Crippen LogP contribution in [0.3, 0.4) is 0 Å². The van der Waals surface area contributed by atoms with Crippen LogP contribution in [-0.4, -0.2) is 42.4 Å². The molecule has 5 nitrogen and oxygen atoms in total. The lowest BCUT2D eigenvalue weighted by Crippen LogP contribution is -2.39. The van der Waals surface area contributed by atoms with E-state index in [-0.39, 0.29) is 18.4 Å². The molecule has 1 aliphatic heterocycles. The molecule has 2 N–H and O–H groups in total. The van der Waals surface area contributed by atoms with Crippen LogP contribution in [-0.2, 0) is 4.79 Å². The molecule has 0 radical (unpaired) electrons. The first-order chi connectivity index (χ1) is 12.1. The van der Waals surface area contributed by atoms with Gasteiger partial charge in [0.25, 0.3) is 5.91 Å². The summed E-state index contributed by atoms with van der Waals surface area (Å²) in [5, 5.41) is 6.73. The summed E-state index contributed by atoms with van der Waals surface area (Å²) in [6.45, 7) is 1.73. The normalized spacial score (nSPS) is 18.2. The first-order valence-electron chi connectivity index (χ1n) is 9.25. The molecule has 2 aliphatic rings. The Labute approximate surface area is 154 Å². The van der Waals surface area contributed by atoms with Gasteiger partial charge in [0.05, 0.1) is 12.1 Å². The number of nitrogens with zero attached hydrogens (tertiary/aromatic N) is 1. The van der Waals surface area contributed by atoms with E-state index in [1.807, 2.05) is 4.90 Å². The summed E-state index contributed by atoms with van der Waals surface area (Å²) in [6.07, 6.45) is 7.83. The van der Waals surface area contributed by atoms with Crippen LogP contribution >= 0.6 is 11.6 Å². The molecule has 1 aromatic rings. The maximum Gasteiger partial charge on any atom is 0.256 e. The molecule has 1 heterocycles. The van der Waals surface area contributed by atoms with Gasteiger partial charge in [-0.2, -0.15) is 0 Å². The third kappa shape index (κ3) is 4.88. The van der Waals surface area contributed by atoms with Gasteiger partial charge in [0, 0.05) is 29.8 Å². The number of halogens is 1. The Morgan fingerprint density at radius 2 is 1.80 bits per heavy atom. The van der Waals surface area contributed by atoms with E-state index in [0.717, 1.165) is 38.8 Å². The number of anilines is 1. The van der Waals surface area contributed by atoms with E-state index in [0.29, 0.717) is 22.3 Å². The summed E-state index contributed by atoms with van der Waals surface area (Å²) in [6, 6.07) is 5.49. The van der Waals surface area contributed by atoms with Gasteiger partial charge in [-0.05, 0) is 43.9 Å². The number of nitrogens with one attached hydrogen (secondary N) is 2. The zero-order valence-corrected chi connectivity index (χ0v) is 15.3. The van der Waals surface area contributed by atoms with E-state index in [2.05, 4.69) is 10.6 Å². The fourth-order valence-electron chi connectivity index (χ4n) is 3.64. The molecular weight excluding hydrogens is 338 g/mol. The van der Waals surface area contributed by atoms with Crippen LogP contribution in [0.15, 0.2) is 18.2 Å². The van der Waals surface area contributed by atoms with Crippen LogP contribution in [0, 0.1) is 0 Å². The van der Waals surface area contributed by atoms with Crippen LogP contribution in [0.2, 0.25) is 5.02 Å². The number of hydrogen-bond acceptors (Lipinski definition) is 3. The Bertz CT molecular complexity index is 623. The summed E-state index contributed by atoms with van der Waals surface area (Å²) in [7, 11) is 0. The van der Waals surface area contributed by atoms with Crippen molar-refractivity contribution >= 4 is 29.1 Å². The monoisotopic (exact) mass is 363 g/mol. The first kappa shape index (κ1) is 18.1. The summed E-state index contributed by atoms with van der Waals surface area (Å²) >= 11 is 6.08. The Kier molecular flexibility index (Phi) is 6.19. The first-order valence-corrected chi connectivity index (χ1v) is 9.63. The molecule has 0 aromatic heterocycles. The van der Waals surface area contributed by atoms with Crippen molar-refractivity contribution in [2.75, 3.05) is 25.0 Å². The number of carbonyl (C=O) groups excluding carboxylic acids is 2. The molecule has 1 aromatic carbocycles. The smallest absolute Gasteiger partial charge is 0.256 e. The summed E-state index contributed by atoms with van der Waals surface area (Å²) < 4.78 is 0. The van der Waals surface area contributed by atoms with Crippen molar-refractivity contribution in [3.05, 3.63) is 28.8 Å². The van der Waals surface area contributed by atoms with Gasteiger partial charge in [-0.15, -0.1) is 0 Å². The van der Waals surface area contributed by atoms with E-state index in [4.69, 9.17) is 11.6 Å². The largest absolute Gasteiger partial charge is 0.376 e. The van der Waals surface area contributed by atoms with Crippen LogP contribution in [0.4, 0.5) is 5.69 Å². The second kappa shape index (κ2) is 8.56. The minimum absolute atomic E-state index is 0.0183. The number of amides is 2. The van der Waals surface area contributed by atoms with Crippen molar-refractivity contribution in [2.24, 2.45) is 0 Å². The molecule has 1 saturated carbocycles.